The van der Waals surface area contributed by atoms with Gasteiger partial charge >= 0.3 is 17.9 Å². The van der Waals surface area contributed by atoms with Crippen LogP contribution >= 0.6 is 0 Å². The summed E-state index contributed by atoms with van der Waals surface area (Å²) in [5.74, 6) is -4.91. The van der Waals surface area contributed by atoms with E-state index in [0.717, 1.165) is 12.3 Å². The van der Waals surface area contributed by atoms with Gasteiger partial charge in [0.25, 0.3) is 0 Å². The highest BCUT2D eigenvalue weighted by Gasteiger charge is 2.46. The molecule has 0 aromatic heterocycles. The Morgan fingerprint density at radius 1 is 1.00 bits per heavy atom. The third-order valence-electron chi connectivity index (χ3n) is 5.95. The summed E-state index contributed by atoms with van der Waals surface area (Å²) < 4.78 is 21.3. The Morgan fingerprint density at radius 3 is 2.31 bits per heavy atom. The number of carboxylic acid groups (broad SMARTS) is 2. The second-order valence-electron chi connectivity index (χ2n) is 8.59. The van der Waals surface area contributed by atoms with Crippen LogP contribution in [0.25, 0.3) is 6.08 Å². The summed E-state index contributed by atoms with van der Waals surface area (Å²) in [7, 11) is 0. The highest BCUT2D eigenvalue weighted by molar-refractivity contribution is 5.89. The first kappa shape index (κ1) is 29.8. The minimum Gasteiger partial charge on any atom is -0.508 e. The lowest BCUT2D eigenvalue weighted by Gasteiger charge is -2.41. The fourth-order valence-corrected chi connectivity index (χ4v) is 3.91. The fraction of sp³-hybridized carbons (Fsp3) is 0.400. The number of aliphatic hydroxyl groups excluding tert-OH is 4. The lowest BCUT2D eigenvalue weighted by atomic mass is 9.86. The molecule has 14 heteroatoms. The van der Waals surface area contributed by atoms with Gasteiger partial charge in [0.2, 0.25) is 6.29 Å². The standard InChI is InChI=1S/C25H28O14/c26-10-17-20(31)21(32)22(33)25(38-17)39-24-14(15(9-18(28)29)16(11-37-24)23(34)35)7-8-36-19(30)6-3-12-1-4-13(27)5-2-12/h1-7,11,15,17,20-22,24-27,31-33H,8-10H2,(H,28,29)(H,34,35)/t15-,17+,20-,21-,22-,24+,25+/m1/s1. The summed E-state index contributed by atoms with van der Waals surface area (Å²) in [5.41, 5.74) is 0.0648. The molecule has 0 bridgehead atoms. The molecule has 14 nitrogen and oxygen atoms in total. The number of phenolic OH excluding ortho intramolecular Hbond substituents is 1. The zero-order valence-electron chi connectivity index (χ0n) is 20.3. The Balaban J connectivity index is 1.81. The average molecular weight is 552 g/mol. The van der Waals surface area contributed by atoms with Crippen molar-refractivity contribution >= 4 is 24.0 Å². The summed E-state index contributed by atoms with van der Waals surface area (Å²) in [4.78, 5) is 35.4. The van der Waals surface area contributed by atoms with Gasteiger partial charge in [0, 0.05) is 17.6 Å². The zero-order chi connectivity index (χ0) is 28.7. The van der Waals surface area contributed by atoms with Crippen molar-refractivity contribution in [3.05, 3.63) is 59.4 Å². The van der Waals surface area contributed by atoms with Gasteiger partial charge in [-0.3, -0.25) is 4.79 Å². The topological polar surface area (TPSA) is 230 Å². The molecule has 2 aliphatic rings. The van der Waals surface area contributed by atoms with Crippen LogP contribution in [0.1, 0.15) is 12.0 Å². The number of hydrogen-bond donors (Lipinski definition) is 7. The van der Waals surface area contributed by atoms with E-state index in [9.17, 15) is 50.1 Å². The van der Waals surface area contributed by atoms with Crippen LogP contribution in [0.3, 0.4) is 0 Å². The van der Waals surface area contributed by atoms with Crippen LogP contribution in [0.5, 0.6) is 5.75 Å². The Labute approximate surface area is 221 Å². The molecule has 7 N–H and O–H groups in total. The number of carboxylic acids is 2. The molecule has 1 fully saturated rings. The van der Waals surface area contributed by atoms with Gasteiger partial charge in [-0.1, -0.05) is 12.1 Å². The molecule has 2 heterocycles. The van der Waals surface area contributed by atoms with Crippen molar-refractivity contribution in [2.24, 2.45) is 5.92 Å². The van der Waals surface area contributed by atoms with Crippen LogP contribution in [-0.4, -0.2) is 104 Å². The number of carbonyl (C=O) groups is 3. The van der Waals surface area contributed by atoms with Crippen molar-refractivity contribution < 1.29 is 69.1 Å². The summed E-state index contributed by atoms with van der Waals surface area (Å²) in [6.07, 6.45) is -6.07. The Morgan fingerprint density at radius 2 is 1.69 bits per heavy atom. The minimum absolute atomic E-state index is 0.0437. The molecular formula is C25H28O14. The van der Waals surface area contributed by atoms with E-state index in [1.807, 2.05) is 0 Å². The van der Waals surface area contributed by atoms with Crippen LogP contribution in [0.2, 0.25) is 0 Å². The molecular weight excluding hydrogens is 524 g/mol. The van der Waals surface area contributed by atoms with Gasteiger partial charge in [-0.25, -0.2) is 9.59 Å². The maximum atomic E-state index is 12.2. The third-order valence-corrected chi connectivity index (χ3v) is 5.95. The van der Waals surface area contributed by atoms with E-state index < -0.39 is 86.0 Å². The van der Waals surface area contributed by atoms with Crippen molar-refractivity contribution in [2.45, 2.75) is 43.4 Å². The molecule has 0 spiro atoms. The lowest BCUT2D eigenvalue weighted by molar-refractivity contribution is -0.327. The van der Waals surface area contributed by atoms with Crippen molar-refractivity contribution in [2.75, 3.05) is 13.2 Å². The second kappa shape index (κ2) is 13.3. The van der Waals surface area contributed by atoms with Gasteiger partial charge in [0.1, 0.15) is 36.8 Å². The van der Waals surface area contributed by atoms with Crippen LogP contribution in [0.4, 0.5) is 0 Å². The van der Waals surface area contributed by atoms with Gasteiger partial charge in [0.15, 0.2) is 6.29 Å². The number of phenols is 1. The van der Waals surface area contributed by atoms with E-state index >= 15 is 0 Å². The lowest BCUT2D eigenvalue weighted by Crippen LogP contribution is -2.60. The number of aliphatic hydroxyl groups is 4. The molecule has 0 saturated carbocycles. The molecule has 39 heavy (non-hydrogen) atoms. The Kier molecular flexibility index (Phi) is 10.2. The Hall–Kier alpha value is -3.79. The van der Waals surface area contributed by atoms with E-state index in [-0.39, 0.29) is 11.3 Å². The molecule has 7 atom stereocenters. The first-order chi connectivity index (χ1) is 18.5. The number of esters is 1. The minimum atomic E-state index is -1.82. The molecule has 2 aliphatic heterocycles. The fourth-order valence-electron chi connectivity index (χ4n) is 3.91. The van der Waals surface area contributed by atoms with Gasteiger partial charge in [-0.05, 0) is 29.8 Å². The third kappa shape index (κ3) is 7.63. The molecule has 0 radical (unpaired) electrons. The monoisotopic (exact) mass is 552 g/mol. The number of ether oxygens (including phenoxy) is 4. The van der Waals surface area contributed by atoms with Gasteiger partial charge < -0.3 is 54.7 Å². The van der Waals surface area contributed by atoms with Crippen LogP contribution in [0.15, 0.2) is 53.8 Å². The normalized spacial score (nSPS) is 30.0. The molecule has 3 rings (SSSR count). The van der Waals surface area contributed by atoms with Crippen molar-refractivity contribution in [3.63, 3.8) is 0 Å². The smallest absolute Gasteiger partial charge is 0.335 e. The summed E-state index contributed by atoms with van der Waals surface area (Å²) in [6.45, 7) is -1.20. The number of hydrogen-bond acceptors (Lipinski definition) is 12. The summed E-state index contributed by atoms with van der Waals surface area (Å²) in [6, 6.07) is 5.95. The number of rotatable bonds is 10. The van der Waals surface area contributed by atoms with Gasteiger partial charge in [-0.15, -0.1) is 0 Å². The van der Waals surface area contributed by atoms with Crippen LogP contribution < -0.4 is 0 Å². The number of aliphatic carboxylic acids is 2. The molecule has 0 unspecified atom stereocenters. The zero-order valence-corrected chi connectivity index (χ0v) is 20.3. The van der Waals surface area contributed by atoms with Crippen LogP contribution in [-0.2, 0) is 33.3 Å². The van der Waals surface area contributed by atoms with E-state index in [4.69, 9.17) is 18.9 Å². The highest BCUT2D eigenvalue weighted by Crippen LogP contribution is 2.35. The summed E-state index contributed by atoms with van der Waals surface area (Å²) >= 11 is 0. The van der Waals surface area contributed by atoms with Gasteiger partial charge in [-0.2, -0.15) is 0 Å². The predicted octanol–water partition coefficient (Wildman–Crippen LogP) is -0.893. The second-order valence-corrected chi connectivity index (χ2v) is 8.59. The van der Waals surface area contributed by atoms with Gasteiger partial charge in [0.05, 0.1) is 24.9 Å². The number of aromatic hydroxyl groups is 1. The Bertz CT molecular complexity index is 1120. The summed E-state index contributed by atoms with van der Waals surface area (Å²) in [5, 5.41) is 67.9. The highest BCUT2D eigenvalue weighted by atomic mass is 16.8. The molecule has 0 aliphatic carbocycles. The maximum absolute atomic E-state index is 12.2. The molecule has 1 saturated heterocycles. The van der Waals surface area contributed by atoms with Crippen molar-refractivity contribution in [1.29, 1.82) is 0 Å². The number of benzene rings is 1. The quantitative estimate of drug-likeness (QED) is 0.106. The molecule has 1 aromatic carbocycles. The molecule has 0 amide bonds. The van der Waals surface area contributed by atoms with E-state index in [0.29, 0.717) is 5.56 Å². The van der Waals surface area contributed by atoms with Crippen molar-refractivity contribution in [1.82, 2.24) is 0 Å². The van der Waals surface area contributed by atoms with E-state index in [1.165, 1.54) is 24.3 Å². The van der Waals surface area contributed by atoms with E-state index in [1.54, 1.807) is 12.1 Å². The first-order valence-corrected chi connectivity index (χ1v) is 11.6. The first-order valence-electron chi connectivity index (χ1n) is 11.6. The maximum Gasteiger partial charge on any atom is 0.335 e. The SMILES string of the molecule is O=C(O)C[C@H]1C(C(=O)O)=CO[C@@H](O[C@@H]2O[C@@H](CO)[C@@H](O)[C@@H](O)[C@H]2O)C1=CCOC(=O)C=Cc1ccc(O)cc1. The van der Waals surface area contributed by atoms with E-state index in [2.05, 4.69) is 0 Å². The van der Waals surface area contributed by atoms with Crippen molar-refractivity contribution in [3.8, 4) is 5.75 Å². The van der Waals surface area contributed by atoms with Crippen LogP contribution in [0, 0.1) is 5.92 Å². The largest absolute Gasteiger partial charge is 0.508 e. The molecule has 212 valence electrons. The predicted molar refractivity (Wildman–Crippen MR) is 127 cm³/mol. The number of carbonyl (C=O) groups excluding carboxylic acids is 1. The molecule has 1 aromatic rings. The average Bonchev–Trinajstić information content (AvgIpc) is 2.89.